The summed E-state index contributed by atoms with van der Waals surface area (Å²) in [7, 11) is 4.74. The number of carbonyl (C=O) groups is 2. The molecule has 0 spiro atoms. The fourth-order valence-corrected chi connectivity index (χ4v) is 3.29. The SMILES string of the molecule is CC.CNSC(=N)C#CC1CC1.COC1=CNC(C(F)F)C=C1c1cc(N(C)C(C)=O)ccc1C(N)=O.[HH]. The van der Waals surface area contributed by atoms with Gasteiger partial charge in [-0.2, -0.15) is 0 Å². The molecule has 2 amide bonds. The highest BCUT2D eigenvalue weighted by Crippen LogP contribution is 2.32. The third kappa shape index (κ3) is 9.90. The summed E-state index contributed by atoms with van der Waals surface area (Å²) in [5, 5.41) is 10.2. The molecule has 1 aliphatic heterocycles. The Morgan fingerprint density at radius 2 is 2.00 bits per heavy atom. The van der Waals surface area contributed by atoms with Crippen molar-refractivity contribution in [2.24, 2.45) is 11.7 Å². The highest BCUT2D eigenvalue weighted by molar-refractivity contribution is 8.12. The van der Waals surface area contributed by atoms with Crippen LogP contribution in [0.1, 0.15) is 51.0 Å². The van der Waals surface area contributed by atoms with Crippen molar-refractivity contribution in [1.29, 1.82) is 5.41 Å². The van der Waals surface area contributed by atoms with Gasteiger partial charge in [0.05, 0.1) is 7.11 Å². The zero-order valence-corrected chi connectivity index (χ0v) is 22.8. The predicted molar refractivity (Wildman–Crippen MR) is 148 cm³/mol. The van der Waals surface area contributed by atoms with E-state index in [9.17, 15) is 18.4 Å². The quantitative estimate of drug-likeness (QED) is 0.185. The molecule has 1 aliphatic carbocycles. The van der Waals surface area contributed by atoms with E-state index in [1.807, 2.05) is 13.8 Å². The molecule has 1 saturated carbocycles. The fraction of sp³-hybridized carbons (Fsp3) is 0.423. The van der Waals surface area contributed by atoms with E-state index in [0.717, 1.165) is 0 Å². The minimum absolute atomic E-state index is 0. The number of primary amides is 1. The van der Waals surface area contributed by atoms with Crippen LogP contribution in [-0.2, 0) is 9.53 Å². The Morgan fingerprint density at radius 3 is 2.49 bits per heavy atom. The number of nitrogens with two attached hydrogens (primary N) is 1. The molecule has 1 aromatic rings. The number of carbonyl (C=O) groups excluding carboxylic acids is 2. The van der Waals surface area contributed by atoms with Gasteiger partial charge in [-0.1, -0.05) is 19.8 Å². The second kappa shape index (κ2) is 15.7. The minimum atomic E-state index is -2.65. The molecule has 0 bridgehead atoms. The lowest BCUT2D eigenvalue weighted by Crippen LogP contribution is -2.33. The van der Waals surface area contributed by atoms with E-state index in [-0.39, 0.29) is 18.7 Å². The minimum Gasteiger partial charge on any atom is -0.495 e. The molecule has 3 rings (SSSR count). The lowest BCUT2D eigenvalue weighted by molar-refractivity contribution is -0.116. The van der Waals surface area contributed by atoms with Gasteiger partial charge in [-0.15, -0.1) is 0 Å². The number of nitrogens with one attached hydrogen (secondary N) is 3. The Kier molecular flexibility index (Phi) is 13.4. The molecule has 2 aliphatic rings. The molecule has 0 aromatic heterocycles. The normalized spacial score (nSPS) is 15.6. The first-order chi connectivity index (χ1) is 17.6. The van der Waals surface area contributed by atoms with E-state index >= 15 is 0 Å². The maximum atomic E-state index is 13.1. The molecule has 37 heavy (non-hydrogen) atoms. The lowest BCUT2D eigenvalue weighted by atomic mass is 9.93. The molecule has 1 fully saturated rings. The Hall–Kier alpha value is -3.36. The van der Waals surface area contributed by atoms with Gasteiger partial charge in [0.2, 0.25) is 11.8 Å². The van der Waals surface area contributed by atoms with Gasteiger partial charge < -0.3 is 20.7 Å². The summed E-state index contributed by atoms with van der Waals surface area (Å²) >= 11 is 1.26. The van der Waals surface area contributed by atoms with Crippen LogP contribution in [0.3, 0.4) is 0 Å². The monoisotopic (exact) mass is 537 g/mol. The molecule has 204 valence electrons. The summed E-state index contributed by atoms with van der Waals surface area (Å²) in [6.07, 6.45) is 2.40. The predicted octanol–water partition coefficient (Wildman–Crippen LogP) is 4.39. The first-order valence-electron chi connectivity index (χ1n) is 11.7. The smallest absolute Gasteiger partial charge is 0.261 e. The van der Waals surface area contributed by atoms with Gasteiger partial charge in [-0.05, 0) is 67.6 Å². The highest BCUT2D eigenvalue weighted by atomic mass is 32.2. The van der Waals surface area contributed by atoms with E-state index in [0.29, 0.717) is 27.8 Å². The average Bonchev–Trinajstić information content (AvgIpc) is 3.72. The lowest BCUT2D eigenvalue weighted by Gasteiger charge is -2.24. The van der Waals surface area contributed by atoms with Gasteiger partial charge >= 0.3 is 0 Å². The van der Waals surface area contributed by atoms with Gasteiger partial charge in [-0.3, -0.25) is 19.7 Å². The van der Waals surface area contributed by atoms with Crippen molar-refractivity contribution in [3.8, 4) is 11.8 Å². The standard InChI is InChI=1S/C17H19F2N3O3.C7H10N2S.C2H6.H2/c1-9(23)22(2)10-4-5-11(17(20)24)12(6-10)13-7-14(16(18)19)21-8-15(13)25-3;1-9-10-7(8)5-4-6-2-3-6;1-2;/h4-8,14,16,21H,1-3H3,(H2,20,24);6,8-9H,2-3H2,1H3;1-2H3;1H. The molecule has 1 unspecified atom stereocenters. The van der Waals surface area contributed by atoms with Crippen LogP contribution < -0.4 is 20.7 Å². The number of dihydropyridines is 1. The molecule has 1 heterocycles. The van der Waals surface area contributed by atoms with E-state index in [4.69, 9.17) is 15.9 Å². The molecular formula is C26H37F2N5O3S. The van der Waals surface area contributed by atoms with Crippen LogP contribution >= 0.6 is 11.9 Å². The summed E-state index contributed by atoms with van der Waals surface area (Å²) < 4.78 is 34.2. The Labute approximate surface area is 223 Å². The number of amides is 2. The molecule has 0 radical (unpaired) electrons. The van der Waals surface area contributed by atoms with Gasteiger partial charge in [0.1, 0.15) is 11.8 Å². The largest absolute Gasteiger partial charge is 0.495 e. The molecule has 1 atom stereocenters. The van der Waals surface area contributed by atoms with Gasteiger partial charge in [0.25, 0.3) is 6.43 Å². The maximum absolute atomic E-state index is 13.1. The summed E-state index contributed by atoms with van der Waals surface area (Å²) in [6, 6.07) is 3.34. The fourth-order valence-electron chi connectivity index (χ4n) is 2.98. The number of allylic oxidation sites excluding steroid dienone is 1. The number of ether oxygens (including phenoxy) is 1. The van der Waals surface area contributed by atoms with Crippen LogP contribution in [0.2, 0.25) is 0 Å². The highest BCUT2D eigenvalue weighted by Gasteiger charge is 2.26. The van der Waals surface area contributed by atoms with Crippen LogP contribution in [0.25, 0.3) is 5.57 Å². The number of methoxy groups -OCH3 is 1. The van der Waals surface area contributed by atoms with Crippen LogP contribution in [0.5, 0.6) is 0 Å². The van der Waals surface area contributed by atoms with Gasteiger partial charge in [0.15, 0.2) is 5.04 Å². The zero-order valence-electron chi connectivity index (χ0n) is 21.9. The number of alkyl halides is 2. The summed E-state index contributed by atoms with van der Waals surface area (Å²) in [4.78, 5) is 24.7. The zero-order chi connectivity index (χ0) is 28.1. The molecule has 0 saturated heterocycles. The molecule has 8 nitrogen and oxygen atoms in total. The summed E-state index contributed by atoms with van der Waals surface area (Å²) in [5.41, 5.74) is 6.68. The number of halogens is 2. The number of hydrogen-bond acceptors (Lipinski definition) is 7. The third-order valence-electron chi connectivity index (χ3n) is 5.10. The molecule has 5 N–H and O–H groups in total. The molecular weight excluding hydrogens is 500 g/mol. The molecule has 11 heteroatoms. The van der Waals surface area contributed by atoms with Crippen molar-refractivity contribution < 1.29 is 24.5 Å². The molecule has 1 aromatic carbocycles. The van der Waals surface area contributed by atoms with E-state index in [1.54, 1.807) is 26.2 Å². The number of hydrogen-bond donors (Lipinski definition) is 4. The van der Waals surface area contributed by atoms with Crippen molar-refractivity contribution in [2.75, 3.05) is 26.1 Å². The van der Waals surface area contributed by atoms with Crippen LogP contribution in [0, 0.1) is 23.2 Å². The van der Waals surface area contributed by atoms with Crippen molar-refractivity contribution in [2.45, 2.75) is 46.1 Å². The van der Waals surface area contributed by atoms with E-state index < -0.39 is 18.4 Å². The van der Waals surface area contributed by atoms with E-state index in [2.05, 4.69) is 21.9 Å². The van der Waals surface area contributed by atoms with Crippen LogP contribution in [-0.4, -0.2) is 50.5 Å². The Morgan fingerprint density at radius 1 is 1.35 bits per heavy atom. The number of nitrogens with zero attached hydrogens (tertiary/aromatic N) is 1. The second-order valence-electron chi connectivity index (χ2n) is 7.67. The third-order valence-corrected chi connectivity index (χ3v) is 5.61. The summed E-state index contributed by atoms with van der Waals surface area (Å²) in [5.74, 6) is 5.73. The van der Waals surface area contributed by atoms with Crippen molar-refractivity contribution in [3.05, 3.63) is 47.4 Å². The maximum Gasteiger partial charge on any atom is 0.261 e. The van der Waals surface area contributed by atoms with Crippen molar-refractivity contribution in [3.63, 3.8) is 0 Å². The Bertz CT molecular complexity index is 1100. The van der Waals surface area contributed by atoms with Crippen molar-refractivity contribution in [1.82, 2.24) is 10.0 Å². The van der Waals surface area contributed by atoms with Crippen molar-refractivity contribution >= 4 is 40.1 Å². The van der Waals surface area contributed by atoms with E-state index in [1.165, 1.54) is 62.1 Å². The van der Waals surface area contributed by atoms with Gasteiger partial charge in [0, 0.05) is 44.3 Å². The number of rotatable bonds is 6. The number of anilines is 1. The average molecular weight is 538 g/mol. The van der Waals surface area contributed by atoms with Crippen LogP contribution in [0.15, 0.2) is 36.2 Å². The van der Waals surface area contributed by atoms with Gasteiger partial charge in [-0.25, -0.2) is 8.78 Å². The van der Waals surface area contributed by atoms with Crippen LogP contribution in [0.4, 0.5) is 14.5 Å². The first kappa shape index (κ1) is 31.7. The topological polar surface area (TPSA) is 121 Å². The first-order valence-corrected chi connectivity index (χ1v) is 12.5. The summed E-state index contributed by atoms with van der Waals surface area (Å²) in [6.45, 7) is 5.39. The number of benzene rings is 1. The second-order valence-corrected chi connectivity index (χ2v) is 8.69. The Balaban J connectivity index is 0.000000882.